The molecule has 0 saturated carbocycles. The maximum Gasteiger partial charge on any atom is 0.306 e. The van der Waals surface area contributed by atoms with Gasteiger partial charge in [-0.25, -0.2) is 15.0 Å². The van der Waals surface area contributed by atoms with Crippen molar-refractivity contribution in [3.8, 4) is 0 Å². The lowest BCUT2D eigenvalue weighted by Crippen LogP contribution is -2.32. The Kier molecular flexibility index (Phi) is 5.37. The van der Waals surface area contributed by atoms with Crippen molar-refractivity contribution in [2.45, 2.75) is 31.0 Å². The first kappa shape index (κ1) is 17.9. The van der Waals surface area contributed by atoms with Crippen LogP contribution in [0.15, 0.2) is 12.7 Å². The van der Waals surface area contributed by atoms with Gasteiger partial charge in [0.25, 0.3) is 0 Å². The molecule has 0 radical (unpaired) electrons. The molecule has 0 bridgehead atoms. The highest BCUT2D eigenvalue weighted by Gasteiger charge is 2.44. The minimum absolute atomic E-state index is 0.228. The smallest absolute Gasteiger partial charge is 0.306 e. The second kappa shape index (κ2) is 7.52. The summed E-state index contributed by atoms with van der Waals surface area (Å²) in [5.74, 6) is 0.903. The molecule has 2 aromatic heterocycles. The largest absolute Gasteiger partial charge is 0.469 e. The van der Waals surface area contributed by atoms with Crippen molar-refractivity contribution in [2.75, 3.05) is 24.3 Å². The number of nitrogen functional groups attached to an aromatic ring is 1. The summed E-state index contributed by atoms with van der Waals surface area (Å²) in [6.07, 6.45) is -0.596. The van der Waals surface area contributed by atoms with Crippen LogP contribution >= 0.6 is 11.8 Å². The van der Waals surface area contributed by atoms with Gasteiger partial charge >= 0.3 is 5.97 Å². The zero-order valence-corrected chi connectivity index (χ0v) is 14.3. The minimum Gasteiger partial charge on any atom is -0.469 e. The fraction of sp³-hybridized carbons (Fsp3) is 0.571. The number of rotatable bonds is 6. The van der Waals surface area contributed by atoms with Gasteiger partial charge in [0.05, 0.1) is 26.0 Å². The number of fused-ring (bicyclic) bond motifs is 1. The van der Waals surface area contributed by atoms with Gasteiger partial charge in [-0.2, -0.15) is 11.8 Å². The van der Waals surface area contributed by atoms with E-state index in [-0.39, 0.29) is 18.2 Å². The van der Waals surface area contributed by atoms with E-state index < -0.39 is 24.5 Å². The number of aromatic nitrogens is 4. The van der Waals surface area contributed by atoms with Crippen LogP contribution in [0.5, 0.6) is 0 Å². The molecule has 0 aliphatic carbocycles. The van der Waals surface area contributed by atoms with Crippen LogP contribution in [0, 0.1) is 0 Å². The third kappa shape index (κ3) is 3.54. The van der Waals surface area contributed by atoms with Crippen LogP contribution in [0.25, 0.3) is 11.2 Å². The van der Waals surface area contributed by atoms with E-state index in [1.165, 1.54) is 36.1 Å². The zero-order valence-electron chi connectivity index (χ0n) is 13.5. The van der Waals surface area contributed by atoms with Gasteiger partial charge in [0.1, 0.15) is 24.1 Å². The molecule has 4 N–H and O–H groups in total. The van der Waals surface area contributed by atoms with Crippen LogP contribution in [-0.4, -0.2) is 72.6 Å². The molecule has 10 nitrogen and oxygen atoms in total. The number of aliphatic hydroxyl groups is 2. The van der Waals surface area contributed by atoms with Crippen LogP contribution < -0.4 is 5.73 Å². The normalized spacial score (nSPS) is 26.2. The molecule has 0 spiro atoms. The first-order valence-corrected chi connectivity index (χ1v) is 8.77. The number of nitrogens with zero attached hydrogens (tertiary/aromatic N) is 4. The quantitative estimate of drug-likeness (QED) is 0.442. The van der Waals surface area contributed by atoms with Gasteiger partial charge in [0.15, 0.2) is 17.7 Å². The number of hydrogen-bond acceptors (Lipinski definition) is 10. The average molecular weight is 369 g/mol. The van der Waals surface area contributed by atoms with E-state index in [1.807, 2.05) is 0 Å². The van der Waals surface area contributed by atoms with Crippen LogP contribution in [0.2, 0.25) is 0 Å². The highest BCUT2D eigenvalue weighted by atomic mass is 32.2. The molecular formula is C14H19N5O5S. The second-order valence-corrected chi connectivity index (χ2v) is 6.68. The third-order valence-electron chi connectivity index (χ3n) is 3.96. The summed E-state index contributed by atoms with van der Waals surface area (Å²) >= 11 is 1.44. The van der Waals surface area contributed by atoms with Crippen molar-refractivity contribution in [1.29, 1.82) is 0 Å². The predicted octanol–water partition coefficient (Wildman–Crippen LogP) is -0.676. The standard InChI is InChI=1S/C14H19N5O5S/c1-23-8(20)2-3-25-4-7-10(21)11(22)14(24-7)19-6-18-9-12(15)16-5-17-13(9)19/h5-7,10-11,14,21-22H,2-4H2,1H3,(H2,15,16,17)/t7-,10-,11-,14-/m1/s1. The average Bonchev–Trinajstić information content (AvgIpc) is 3.15. The van der Waals surface area contributed by atoms with Gasteiger partial charge in [0, 0.05) is 11.5 Å². The summed E-state index contributed by atoms with van der Waals surface area (Å²) in [7, 11) is 1.34. The molecule has 3 rings (SSSR count). The zero-order chi connectivity index (χ0) is 18.0. The molecule has 1 fully saturated rings. The minimum atomic E-state index is -1.14. The lowest BCUT2D eigenvalue weighted by molar-refractivity contribution is -0.140. The fourth-order valence-corrected chi connectivity index (χ4v) is 3.60. The first-order valence-electron chi connectivity index (χ1n) is 7.62. The molecule has 0 unspecified atom stereocenters. The summed E-state index contributed by atoms with van der Waals surface area (Å²) in [5.41, 5.74) is 6.58. The molecule has 1 saturated heterocycles. The lowest BCUT2D eigenvalue weighted by Gasteiger charge is -2.16. The predicted molar refractivity (Wildman–Crippen MR) is 89.6 cm³/mol. The Morgan fingerprint density at radius 1 is 1.40 bits per heavy atom. The number of anilines is 1. The molecule has 4 atom stereocenters. The molecule has 11 heteroatoms. The van der Waals surface area contributed by atoms with E-state index >= 15 is 0 Å². The summed E-state index contributed by atoms with van der Waals surface area (Å²) in [6, 6.07) is 0. The molecular weight excluding hydrogens is 350 g/mol. The number of thioether (sulfide) groups is 1. The van der Waals surface area contributed by atoms with E-state index in [0.717, 1.165) is 0 Å². The van der Waals surface area contributed by atoms with Crippen LogP contribution in [-0.2, 0) is 14.3 Å². The number of hydrogen-bond donors (Lipinski definition) is 3. The van der Waals surface area contributed by atoms with Crippen molar-refractivity contribution in [3.05, 3.63) is 12.7 Å². The van der Waals surface area contributed by atoms with Gasteiger partial charge in [-0.1, -0.05) is 0 Å². The van der Waals surface area contributed by atoms with Crippen molar-refractivity contribution in [1.82, 2.24) is 19.5 Å². The fourth-order valence-electron chi connectivity index (χ4n) is 2.61. The molecule has 0 aromatic carbocycles. The van der Waals surface area contributed by atoms with Gasteiger partial charge in [0.2, 0.25) is 0 Å². The van der Waals surface area contributed by atoms with Crippen LogP contribution in [0.4, 0.5) is 5.82 Å². The van der Waals surface area contributed by atoms with E-state index in [4.69, 9.17) is 10.5 Å². The third-order valence-corrected chi connectivity index (χ3v) is 5.02. The van der Waals surface area contributed by atoms with Gasteiger partial charge in [-0.15, -0.1) is 0 Å². The Bertz CT molecular complexity index is 756. The van der Waals surface area contributed by atoms with Crippen molar-refractivity contribution in [3.63, 3.8) is 0 Å². The summed E-state index contributed by atoms with van der Waals surface area (Å²) < 4.78 is 11.9. The summed E-state index contributed by atoms with van der Waals surface area (Å²) in [6.45, 7) is 0. The summed E-state index contributed by atoms with van der Waals surface area (Å²) in [5, 5.41) is 20.6. The number of carbonyl (C=O) groups is 1. The molecule has 3 heterocycles. The van der Waals surface area contributed by atoms with Crippen molar-refractivity contribution < 1.29 is 24.5 Å². The van der Waals surface area contributed by atoms with Gasteiger partial charge < -0.3 is 25.4 Å². The topological polar surface area (TPSA) is 146 Å². The van der Waals surface area contributed by atoms with Gasteiger partial charge in [-0.3, -0.25) is 9.36 Å². The monoisotopic (exact) mass is 369 g/mol. The number of methoxy groups -OCH3 is 1. The van der Waals surface area contributed by atoms with Crippen LogP contribution in [0.3, 0.4) is 0 Å². The number of imidazole rings is 1. The number of aliphatic hydroxyl groups excluding tert-OH is 2. The maximum atomic E-state index is 11.1. The Balaban J connectivity index is 1.67. The molecule has 25 heavy (non-hydrogen) atoms. The first-order chi connectivity index (χ1) is 12.0. The maximum absolute atomic E-state index is 11.1. The van der Waals surface area contributed by atoms with Crippen molar-refractivity contribution >= 4 is 34.7 Å². The number of ether oxygens (including phenoxy) is 2. The number of carbonyl (C=O) groups excluding carboxylic acids is 1. The Morgan fingerprint density at radius 2 is 2.20 bits per heavy atom. The molecule has 1 aliphatic rings. The Morgan fingerprint density at radius 3 is 2.96 bits per heavy atom. The number of esters is 1. The Hall–Kier alpha value is -1.95. The van der Waals surface area contributed by atoms with Gasteiger partial charge in [-0.05, 0) is 0 Å². The highest BCUT2D eigenvalue weighted by molar-refractivity contribution is 7.99. The van der Waals surface area contributed by atoms with Crippen molar-refractivity contribution in [2.24, 2.45) is 0 Å². The highest BCUT2D eigenvalue weighted by Crippen LogP contribution is 2.33. The molecule has 2 aromatic rings. The SMILES string of the molecule is COC(=O)CCSC[C@H]1O[C@@H](n2cnc3c(N)ncnc32)[C@H](O)[C@@H]1O. The van der Waals surface area contributed by atoms with Crippen LogP contribution in [0.1, 0.15) is 12.6 Å². The van der Waals surface area contributed by atoms with E-state index in [1.54, 1.807) is 0 Å². The molecule has 1 aliphatic heterocycles. The second-order valence-electron chi connectivity index (χ2n) is 5.53. The van der Waals surface area contributed by atoms with E-state index in [0.29, 0.717) is 22.7 Å². The Labute approximate surface area is 147 Å². The lowest BCUT2D eigenvalue weighted by atomic mass is 10.1. The molecule has 136 valence electrons. The molecule has 0 amide bonds. The van der Waals surface area contributed by atoms with E-state index in [2.05, 4.69) is 19.7 Å². The van der Waals surface area contributed by atoms with E-state index in [9.17, 15) is 15.0 Å². The summed E-state index contributed by atoms with van der Waals surface area (Å²) in [4.78, 5) is 23.2. The number of nitrogens with two attached hydrogens (primary N) is 1.